The van der Waals surface area contributed by atoms with E-state index in [1.807, 2.05) is 0 Å². The highest BCUT2D eigenvalue weighted by atomic mass is 16.5. The monoisotopic (exact) mass is 774 g/mol. The maximum atomic E-state index is 7.03. The molecule has 3 atom stereocenters. The van der Waals surface area contributed by atoms with Crippen LogP contribution in [0.4, 0.5) is 22.7 Å². The second-order valence-electron chi connectivity index (χ2n) is 16.2. The Hall–Kier alpha value is -7.30. The van der Waals surface area contributed by atoms with E-state index < -0.39 is 0 Å². The Morgan fingerprint density at radius 3 is 1.70 bits per heavy atom. The molecule has 0 N–H and O–H groups in total. The van der Waals surface area contributed by atoms with Crippen LogP contribution in [0, 0.1) is 0 Å². The zero-order valence-corrected chi connectivity index (χ0v) is 33.3. The zero-order valence-electron chi connectivity index (χ0n) is 33.3. The minimum atomic E-state index is -0.187. The predicted octanol–water partition coefficient (Wildman–Crippen LogP) is 14.2. The molecule has 12 rings (SSSR count). The van der Waals surface area contributed by atoms with Crippen LogP contribution in [-0.2, 0) is 6.42 Å². The highest BCUT2D eigenvalue weighted by molar-refractivity contribution is 6.21. The van der Waals surface area contributed by atoms with Gasteiger partial charge in [-0.25, -0.2) is 0 Å². The quantitative estimate of drug-likeness (QED) is 0.163. The highest BCUT2D eigenvalue weighted by Crippen LogP contribution is 2.56. The Labute approximate surface area is 350 Å². The summed E-state index contributed by atoms with van der Waals surface area (Å²) >= 11 is 0. The summed E-state index contributed by atoms with van der Waals surface area (Å²) < 4.78 is 13.9. The molecule has 0 spiro atoms. The molecule has 3 heterocycles. The minimum Gasteiger partial charge on any atom is -0.470 e. The van der Waals surface area contributed by atoms with Crippen LogP contribution in [0.15, 0.2) is 194 Å². The van der Waals surface area contributed by atoms with Crippen LogP contribution < -0.4 is 19.3 Å². The van der Waals surface area contributed by atoms with Gasteiger partial charge in [0.2, 0.25) is 0 Å². The molecular formula is C56H42N2O2. The van der Waals surface area contributed by atoms with Crippen molar-refractivity contribution in [3.8, 4) is 33.8 Å². The van der Waals surface area contributed by atoms with Gasteiger partial charge in [-0.15, -0.1) is 0 Å². The van der Waals surface area contributed by atoms with E-state index in [0.29, 0.717) is 0 Å². The molecule has 0 fully saturated rings. The lowest BCUT2D eigenvalue weighted by Crippen LogP contribution is -2.37. The van der Waals surface area contributed by atoms with Crippen molar-refractivity contribution >= 4 is 44.3 Å². The fourth-order valence-corrected chi connectivity index (χ4v) is 10.2. The first-order chi connectivity index (χ1) is 29.7. The molecule has 0 saturated heterocycles. The SMILES string of the molecule is CCC1Oc2ccccc2Cc2ccc(-c3c4ccccc4c(-c4ccc5c(c4)OC4C5c5ccccc5N4c4ccccc4)c4ccccc34)cc2N1c1ccccc1. The van der Waals surface area contributed by atoms with Gasteiger partial charge in [-0.05, 0) is 109 Å². The third-order valence-electron chi connectivity index (χ3n) is 12.8. The molecule has 3 unspecified atom stereocenters. The van der Waals surface area contributed by atoms with Crippen molar-refractivity contribution in [1.82, 2.24) is 0 Å². The van der Waals surface area contributed by atoms with E-state index >= 15 is 0 Å². The van der Waals surface area contributed by atoms with Crippen LogP contribution in [-0.4, -0.2) is 12.5 Å². The van der Waals surface area contributed by atoms with Gasteiger partial charge in [0, 0.05) is 41.2 Å². The van der Waals surface area contributed by atoms with Gasteiger partial charge < -0.3 is 19.3 Å². The summed E-state index contributed by atoms with van der Waals surface area (Å²) in [6, 6.07) is 70.5. The Morgan fingerprint density at radius 2 is 1.02 bits per heavy atom. The Bertz CT molecular complexity index is 3050. The van der Waals surface area contributed by atoms with Gasteiger partial charge in [0.15, 0.2) is 12.5 Å². The van der Waals surface area contributed by atoms with Crippen molar-refractivity contribution in [3.63, 3.8) is 0 Å². The van der Waals surface area contributed by atoms with Gasteiger partial charge in [0.05, 0.1) is 5.92 Å². The lowest BCUT2D eigenvalue weighted by atomic mass is 9.84. The Kier molecular flexibility index (Phi) is 8.06. The molecule has 60 heavy (non-hydrogen) atoms. The third kappa shape index (κ3) is 5.37. The van der Waals surface area contributed by atoms with Crippen LogP contribution >= 0.6 is 0 Å². The summed E-state index contributed by atoms with van der Waals surface area (Å²) in [7, 11) is 0. The fourth-order valence-electron chi connectivity index (χ4n) is 10.2. The van der Waals surface area contributed by atoms with Crippen LogP contribution in [0.1, 0.15) is 41.5 Å². The second-order valence-corrected chi connectivity index (χ2v) is 16.2. The largest absolute Gasteiger partial charge is 0.470 e. The van der Waals surface area contributed by atoms with E-state index in [2.05, 4.69) is 211 Å². The van der Waals surface area contributed by atoms with Gasteiger partial charge in [-0.2, -0.15) is 0 Å². The van der Waals surface area contributed by atoms with Crippen LogP contribution in [0.3, 0.4) is 0 Å². The van der Waals surface area contributed by atoms with E-state index in [0.717, 1.165) is 41.3 Å². The summed E-state index contributed by atoms with van der Waals surface area (Å²) in [6.45, 7) is 2.21. The zero-order chi connectivity index (χ0) is 39.7. The number of para-hydroxylation sites is 4. The first kappa shape index (κ1) is 34.7. The topological polar surface area (TPSA) is 24.9 Å². The molecule has 0 aromatic heterocycles. The molecule has 288 valence electrons. The first-order valence-corrected chi connectivity index (χ1v) is 21.1. The van der Waals surface area contributed by atoms with Crippen molar-refractivity contribution in [2.24, 2.45) is 0 Å². The van der Waals surface area contributed by atoms with Crippen molar-refractivity contribution in [2.75, 3.05) is 9.80 Å². The first-order valence-electron chi connectivity index (χ1n) is 21.1. The lowest BCUT2D eigenvalue weighted by molar-refractivity contribution is 0.200. The fraction of sp³-hybridized carbons (Fsp3) is 0.107. The Balaban J connectivity index is 1.03. The Morgan fingerprint density at radius 1 is 0.450 bits per heavy atom. The molecule has 0 amide bonds. The van der Waals surface area contributed by atoms with E-state index in [1.165, 1.54) is 71.9 Å². The standard InChI is InChI=1S/C56H42N2O2/c1-2-52-57(40-18-5-3-6-19-40)49-34-38(30-29-36(49)33-37-17-9-16-28-50(37)59-52)53-42-22-10-12-24-44(42)54(45-25-13-11-23-43(45)53)39-31-32-47-51(35-39)60-56-55(47)46-26-14-15-27-48(46)58(56)41-20-7-4-8-21-41/h3-32,34-35,52,55-56H,2,33H2,1H3. The maximum absolute atomic E-state index is 7.03. The second kappa shape index (κ2) is 13.9. The van der Waals surface area contributed by atoms with E-state index in [1.54, 1.807) is 0 Å². The lowest BCUT2D eigenvalue weighted by Gasteiger charge is -2.37. The van der Waals surface area contributed by atoms with E-state index in [4.69, 9.17) is 9.47 Å². The van der Waals surface area contributed by atoms with E-state index in [-0.39, 0.29) is 18.4 Å². The molecule has 0 radical (unpaired) electrons. The molecule has 3 aliphatic heterocycles. The molecular weight excluding hydrogens is 733 g/mol. The van der Waals surface area contributed by atoms with Crippen LogP contribution in [0.2, 0.25) is 0 Å². The van der Waals surface area contributed by atoms with Crippen LogP contribution in [0.5, 0.6) is 11.5 Å². The molecule has 0 saturated carbocycles. The molecule has 0 aliphatic carbocycles. The van der Waals surface area contributed by atoms with Crippen LogP contribution in [0.25, 0.3) is 43.8 Å². The smallest absolute Gasteiger partial charge is 0.187 e. The third-order valence-corrected chi connectivity index (χ3v) is 12.8. The predicted molar refractivity (Wildman–Crippen MR) is 246 cm³/mol. The number of ether oxygens (including phenoxy) is 2. The number of anilines is 4. The minimum absolute atomic E-state index is 0.125. The number of benzene rings is 9. The number of hydrogen-bond acceptors (Lipinski definition) is 4. The van der Waals surface area contributed by atoms with Gasteiger partial charge in [-0.1, -0.05) is 153 Å². The summed E-state index contributed by atoms with van der Waals surface area (Å²) in [5, 5.41) is 4.88. The molecule has 0 bridgehead atoms. The van der Waals surface area contributed by atoms with Crippen molar-refractivity contribution in [1.29, 1.82) is 0 Å². The number of hydrogen-bond donors (Lipinski definition) is 0. The average molecular weight is 775 g/mol. The molecule has 4 heteroatoms. The molecule has 4 nitrogen and oxygen atoms in total. The van der Waals surface area contributed by atoms with Gasteiger partial charge in [0.1, 0.15) is 11.5 Å². The van der Waals surface area contributed by atoms with E-state index in [9.17, 15) is 0 Å². The summed E-state index contributed by atoms with van der Waals surface area (Å²) in [5.41, 5.74) is 14.5. The number of nitrogens with zero attached hydrogens (tertiary/aromatic N) is 2. The number of fused-ring (bicyclic) bond motifs is 9. The van der Waals surface area contributed by atoms with Crippen molar-refractivity contribution in [3.05, 3.63) is 216 Å². The molecule has 9 aromatic carbocycles. The van der Waals surface area contributed by atoms with Gasteiger partial charge in [-0.3, -0.25) is 0 Å². The summed E-state index contributed by atoms with van der Waals surface area (Å²) in [4.78, 5) is 4.78. The van der Waals surface area contributed by atoms with Crippen molar-refractivity contribution < 1.29 is 9.47 Å². The van der Waals surface area contributed by atoms with Gasteiger partial charge in [0.25, 0.3) is 0 Å². The summed E-state index contributed by atoms with van der Waals surface area (Å²) in [5.74, 6) is 2.03. The highest BCUT2D eigenvalue weighted by Gasteiger charge is 2.47. The maximum Gasteiger partial charge on any atom is 0.187 e. The summed E-state index contributed by atoms with van der Waals surface area (Å²) in [6.07, 6.45) is 1.26. The number of rotatable bonds is 5. The normalized spacial score (nSPS) is 17.4. The van der Waals surface area contributed by atoms with Crippen molar-refractivity contribution in [2.45, 2.75) is 38.1 Å². The average Bonchev–Trinajstić information content (AvgIpc) is 3.83. The van der Waals surface area contributed by atoms with Gasteiger partial charge >= 0.3 is 0 Å². The molecule has 3 aliphatic rings. The molecule has 9 aromatic rings.